The SMILES string of the molecule is O=C(NCC=Cc1c(F)cccc1F)OCc1ccccc1. The Morgan fingerprint density at radius 2 is 1.73 bits per heavy atom. The van der Waals surface area contributed by atoms with Crippen LogP contribution < -0.4 is 5.32 Å². The number of rotatable bonds is 5. The van der Waals surface area contributed by atoms with E-state index in [1.807, 2.05) is 30.3 Å². The summed E-state index contributed by atoms with van der Waals surface area (Å²) in [5, 5.41) is 2.47. The molecule has 1 amide bonds. The summed E-state index contributed by atoms with van der Waals surface area (Å²) in [6, 6.07) is 12.9. The first-order valence-corrected chi connectivity index (χ1v) is 6.72. The fraction of sp³-hybridized carbons (Fsp3) is 0.118. The van der Waals surface area contributed by atoms with Crippen LogP contribution in [0.3, 0.4) is 0 Å². The summed E-state index contributed by atoms with van der Waals surface area (Å²) < 4.78 is 31.7. The Morgan fingerprint density at radius 3 is 2.41 bits per heavy atom. The third-order valence-corrected chi connectivity index (χ3v) is 2.86. The number of nitrogens with one attached hydrogen (secondary N) is 1. The van der Waals surface area contributed by atoms with Gasteiger partial charge in [0.2, 0.25) is 0 Å². The van der Waals surface area contributed by atoms with Crippen molar-refractivity contribution >= 4 is 12.2 Å². The maximum absolute atomic E-state index is 13.3. The van der Waals surface area contributed by atoms with Crippen molar-refractivity contribution in [1.29, 1.82) is 0 Å². The Labute approximate surface area is 127 Å². The molecule has 2 rings (SSSR count). The van der Waals surface area contributed by atoms with Crippen LogP contribution in [0.1, 0.15) is 11.1 Å². The predicted octanol–water partition coefficient (Wildman–Crippen LogP) is 3.90. The molecule has 1 N–H and O–H groups in total. The third-order valence-electron chi connectivity index (χ3n) is 2.86. The molecule has 0 saturated heterocycles. The van der Waals surface area contributed by atoms with E-state index in [2.05, 4.69) is 5.32 Å². The molecule has 114 valence electrons. The lowest BCUT2D eigenvalue weighted by Crippen LogP contribution is -2.24. The van der Waals surface area contributed by atoms with E-state index in [-0.39, 0.29) is 18.7 Å². The number of carbonyl (C=O) groups excluding carboxylic acids is 1. The lowest BCUT2D eigenvalue weighted by molar-refractivity contribution is 0.141. The van der Waals surface area contributed by atoms with Gasteiger partial charge in [0.15, 0.2) is 0 Å². The highest BCUT2D eigenvalue weighted by molar-refractivity contribution is 5.67. The number of benzene rings is 2. The van der Waals surface area contributed by atoms with Crippen LogP contribution in [0, 0.1) is 11.6 Å². The number of ether oxygens (including phenoxy) is 1. The monoisotopic (exact) mass is 303 g/mol. The van der Waals surface area contributed by atoms with Crippen molar-refractivity contribution in [2.75, 3.05) is 6.54 Å². The van der Waals surface area contributed by atoms with E-state index in [1.165, 1.54) is 30.4 Å². The van der Waals surface area contributed by atoms with E-state index in [9.17, 15) is 13.6 Å². The smallest absolute Gasteiger partial charge is 0.407 e. The number of amides is 1. The van der Waals surface area contributed by atoms with E-state index in [0.29, 0.717) is 0 Å². The molecule has 0 atom stereocenters. The van der Waals surface area contributed by atoms with Crippen molar-refractivity contribution in [3.63, 3.8) is 0 Å². The normalized spacial score (nSPS) is 10.6. The molecule has 0 aromatic heterocycles. The van der Waals surface area contributed by atoms with Crippen LogP contribution in [0.4, 0.5) is 13.6 Å². The van der Waals surface area contributed by atoms with Gasteiger partial charge in [-0.1, -0.05) is 48.6 Å². The van der Waals surface area contributed by atoms with Crippen molar-refractivity contribution < 1.29 is 18.3 Å². The van der Waals surface area contributed by atoms with Crippen molar-refractivity contribution in [2.24, 2.45) is 0 Å². The first kappa shape index (κ1) is 15.7. The van der Waals surface area contributed by atoms with Gasteiger partial charge >= 0.3 is 6.09 Å². The predicted molar refractivity (Wildman–Crippen MR) is 80.0 cm³/mol. The van der Waals surface area contributed by atoms with E-state index >= 15 is 0 Å². The molecule has 2 aromatic carbocycles. The van der Waals surface area contributed by atoms with Crippen LogP contribution in [-0.2, 0) is 11.3 Å². The number of hydrogen-bond acceptors (Lipinski definition) is 2. The first-order valence-electron chi connectivity index (χ1n) is 6.72. The number of alkyl carbamates (subject to hydrolysis) is 1. The zero-order chi connectivity index (χ0) is 15.8. The molecule has 5 heteroatoms. The van der Waals surface area contributed by atoms with E-state index in [4.69, 9.17) is 4.74 Å². The molecule has 2 aromatic rings. The van der Waals surface area contributed by atoms with Crippen LogP contribution >= 0.6 is 0 Å². The van der Waals surface area contributed by atoms with Gasteiger partial charge in [-0.05, 0) is 17.7 Å². The highest BCUT2D eigenvalue weighted by Crippen LogP contribution is 2.13. The molecule has 0 bridgehead atoms. The lowest BCUT2D eigenvalue weighted by Gasteiger charge is -2.05. The van der Waals surface area contributed by atoms with Crippen LogP contribution in [-0.4, -0.2) is 12.6 Å². The minimum absolute atomic E-state index is 0.112. The molecule has 0 saturated carbocycles. The average molecular weight is 303 g/mol. The molecular weight excluding hydrogens is 288 g/mol. The zero-order valence-corrected chi connectivity index (χ0v) is 11.8. The quantitative estimate of drug-likeness (QED) is 0.909. The number of halogens is 2. The zero-order valence-electron chi connectivity index (χ0n) is 11.8. The van der Waals surface area contributed by atoms with E-state index in [1.54, 1.807) is 0 Å². The van der Waals surface area contributed by atoms with Gasteiger partial charge < -0.3 is 10.1 Å². The summed E-state index contributed by atoms with van der Waals surface area (Å²) in [4.78, 5) is 11.4. The maximum Gasteiger partial charge on any atom is 0.407 e. The van der Waals surface area contributed by atoms with Crippen molar-refractivity contribution in [2.45, 2.75) is 6.61 Å². The molecule has 22 heavy (non-hydrogen) atoms. The second-order valence-corrected chi connectivity index (χ2v) is 4.48. The summed E-state index contributed by atoms with van der Waals surface area (Å²) in [5.41, 5.74) is 0.739. The molecule has 0 aliphatic heterocycles. The van der Waals surface area contributed by atoms with Crippen molar-refractivity contribution in [1.82, 2.24) is 5.32 Å². The Kier molecular flexibility index (Phi) is 5.65. The van der Waals surface area contributed by atoms with Gasteiger partial charge in [0, 0.05) is 12.1 Å². The summed E-state index contributed by atoms with van der Waals surface area (Å²) in [5.74, 6) is -1.30. The van der Waals surface area contributed by atoms with Gasteiger partial charge in [0.05, 0.1) is 0 Å². The molecular formula is C17H15F2NO2. The summed E-state index contributed by atoms with van der Waals surface area (Å²) >= 11 is 0. The standard InChI is InChI=1S/C17H15F2NO2/c18-15-9-4-10-16(19)14(15)8-5-11-20-17(21)22-12-13-6-2-1-3-7-13/h1-10H,11-12H2,(H,20,21). The molecule has 0 fully saturated rings. The number of hydrogen-bond donors (Lipinski definition) is 1. The molecule has 0 heterocycles. The fourth-order valence-electron chi connectivity index (χ4n) is 1.76. The summed E-state index contributed by atoms with van der Waals surface area (Å²) in [6.45, 7) is 0.278. The van der Waals surface area contributed by atoms with Crippen LogP contribution in [0.25, 0.3) is 6.08 Å². The molecule has 0 unspecified atom stereocenters. The van der Waals surface area contributed by atoms with Crippen LogP contribution in [0.2, 0.25) is 0 Å². The minimum Gasteiger partial charge on any atom is -0.445 e. The van der Waals surface area contributed by atoms with Crippen molar-refractivity contribution in [3.05, 3.63) is 77.4 Å². The molecule has 0 aliphatic carbocycles. The van der Waals surface area contributed by atoms with E-state index in [0.717, 1.165) is 5.56 Å². The van der Waals surface area contributed by atoms with Crippen LogP contribution in [0.15, 0.2) is 54.6 Å². The highest BCUT2D eigenvalue weighted by atomic mass is 19.1. The lowest BCUT2D eigenvalue weighted by atomic mass is 10.2. The van der Waals surface area contributed by atoms with Crippen LogP contribution in [0.5, 0.6) is 0 Å². The summed E-state index contributed by atoms with van der Waals surface area (Å²) in [6.07, 6.45) is 2.13. The van der Waals surface area contributed by atoms with Gasteiger partial charge in [-0.15, -0.1) is 0 Å². The first-order chi connectivity index (χ1) is 10.7. The largest absolute Gasteiger partial charge is 0.445 e. The second kappa shape index (κ2) is 7.93. The fourth-order valence-corrected chi connectivity index (χ4v) is 1.76. The van der Waals surface area contributed by atoms with E-state index < -0.39 is 17.7 Å². The average Bonchev–Trinajstić information content (AvgIpc) is 2.53. The molecule has 0 aliphatic rings. The van der Waals surface area contributed by atoms with Gasteiger partial charge in [0.25, 0.3) is 0 Å². The summed E-state index contributed by atoms with van der Waals surface area (Å²) in [7, 11) is 0. The molecule has 3 nitrogen and oxygen atoms in total. The highest BCUT2D eigenvalue weighted by Gasteiger charge is 2.04. The van der Waals surface area contributed by atoms with Crippen molar-refractivity contribution in [3.8, 4) is 0 Å². The van der Waals surface area contributed by atoms with Gasteiger partial charge in [0.1, 0.15) is 18.2 Å². The number of carbonyl (C=O) groups is 1. The third kappa shape index (κ3) is 4.70. The molecule has 0 radical (unpaired) electrons. The second-order valence-electron chi connectivity index (χ2n) is 4.48. The minimum atomic E-state index is -0.650. The Bertz CT molecular complexity index is 637. The van der Waals surface area contributed by atoms with Gasteiger partial charge in [-0.2, -0.15) is 0 Å². The molecule has 0 spiro atoms. The Hall–Kier alpha value is -2.69. The Morgan fingerprint density at radius 1 is 1.05 bits per heavy atom. The van der Waals surface area contributed by atoms with Gasteiger partial charge in [-0.25, -0.2) is 13.6 Å². The topological polar surface area (TPSA) is 38.3 Å². The Balaban J connectivity index is 1.76. The van der Waals surface area contributed by atoms with Gasteiger partial charge in [-0.3, -0.25) is 0 Å². The maximum atomic E-state index is 13.3.